The molecule has 0 aliphatic heterocycles. The Bertz CT molecular complexity index is 1770. The largest absolute Gasteiger partial charge is 0.459 e. The van der Waals surface area contributed by atoms with Crippen LogP contribution in [0.15, 0.2) is 121 Å². The lowest BCUT2D eigenvalue weighted by molar-refractivity contribution is -0.151. The minimum absolute atomic E-state index is 0.000920. The Hall–Kier alpha value is -6.01. The third-order valence-electron chi connectivity index (χ3n) is 8.40. The molecule has 4 aromatic rings. The van der Waals surface area contributed by atoms with E-state index >= 15 is 0 Å². The molecule has 3 amide bonds. The van der Waals surface area contributed by atoms with Gasteiger partial charge in [-0.3, -0.25) is 9.59 Å². The highest BCUT2D eigenvalue weighted by atomic mass is 16.6. The average molecular weight is 752 g/mol. The summed E-state index contributed by atoms with van der Waals surface area (Å²) in [5.41, 5.74) is 3.21. The molecule has 4 aromatic carbocycles. The summed E-state index contributed by atoms with van der Waals surface area (Å²) in [6.45, 7) is 3.60. The maximum atomic E-state index is 13.6. The zero-order chi connectivity index (χ0) is 39.3. The minimum Gasteiger partial charge on any atom is -0.459 e. The Morgan fingerprint density at radius 2 is 0.982 bits per heavy atom. The van der Waals surface area contributed by atoms with Crippen LogP contribution in [-0.2, 0) is 64.6 Å². The number of alkyl carbamates (subject to hydrolysis) is 1. The van der Waals surface area contributed by atoms with Crippen molar-refractivity contribution in [3.05, 3.63) is 144 Å². The van der Waals surface area contributed by atoms with Gasteiger partial charge in [-0.2, -0.15) is 0 Å². The summed E-state index contributed by atoms with van der Waals surface area (Å²) >= 11 is 0. The Kier molecular flexibility index (Phi) is 17.4. The van der Waals surface area contributed by atoms with Crippen LogP contribution in [-0.4, -0.2) is 54.6 Å². The molecular weight excluding hydrogens is 702 g/mol. The molecule has 12 heteroatoms. The van der Waals surface area contributed by atoms with Crippen LogP contribution in [0, 0.1) is 5.92 Å². The number of hydrogen-bond donors (Lipinski definition) is 3. The standard InChI is InChI=1S/C43H49N3O9/c1-31(2)39(42(50)54-28-34-20-11-5-12-21-34)46-40(48)37(30-52-26-32-16-7-3-8-17-32)44-38(47)25-15-24-36(41(49)53-27-33-18-9-4-10-19-33)45-43(51)55-29-35-22-13-6-14-23-35/h3-14,16-23,31,36-37,39H,15,24-30H2,1-2H3,(H,44,47)(H,45,51)(H,46,48)/t36-,37-,39+/m0/s1. The number of ether oxygens (including phenoxy) is 4. The van der Waals surface area contributed by atoms with Crippen LogP contribution in [0.5, 0.6) is 0 Å². The van der Waals surface area contributed by atoms with Crippen molar-refractivity contribution in [1.29, 1.82) is 0 Å². The van der Waals surface area contributed by atoms with Gasteiger partial charge in [-0.05, 0) is 41.0 Å². The summed E-state index contributed by atoms with van der Waals surface area (Å²) in [4.78, 5) is 65.8. The maximum Gasteiger partial charge on any atom is 0.408 e. The van der Waals surface area contributed by atoms with Gasteiger partial charge in [-0.25, -0.2) is 14.4 Å². The molecule has 0 aromatic heterocycles. The molecule has 12 nitrogen and oxygen atoms in total. The fourth-order valence-corrected chi connectivity index (χ4v) is 5.34. The molecule has 0 saturated heterocycles. The van der Waals surface area contributed by atoms with E-state index in [9.17, 15) is 24.0 Å². The fraction of sp³-hybridized carbons (Fsp3) is 0.326. The van der Waals surface area contributed by atoms with Crippen molar-refractivity contribution >= 4 is 29.8 Å². The number of amides is 3. The van der Waals surface area contributed by atoms with Crippen LogP contribution in [0.25, 0.3) is 0 Å². The van der Waals surface area contributed by atoms with E-state index in [4.69, 9.17) is 18.9 Å². The summed E-state index contributed by atoms with van der Waals surface area (Å²) in [5, 5.41) is 8.02. The molecule has 0 radical (unpaired) electrons. The maximum absolute atomic E-state index is 13.6. The molecule has 3 N–H and O–H groups in total. The number of benzene rings is 4. The van der Waals surface area contributed by atoms with Crippen LogP contribution >= 0.6 is 0 Å². The molecule has 55 heavy (non-hydrogen) atoms. The van der Waals surface area contributed by atoms with Gasteiger partial charge in [0.05, 0.1) is 13.2 Å². The molecule has 3 atom stereocenters. The zero-order valence-corrected chi connectivity index (χ0v) is 31.2. The first-order valence-electron chi connectivity index (χ1n) is 18.3. The summed E-state index contributed by atoms with van der Waals surface area (Å²) in [6, 6.07) is 33.5. The predicted octanol–water partition coefficient (Wildman–Crippen LogP) is 5.78. The molecular formula is C43H49N3O9. The molecule has 0 bridgehead atoms. The lowest BCUT2D eigenvalue weighted by Crippen LogP contribution is -2.55. The predicted molar refractivity (Wildman–Crippen MR) is 205 cm³/mol. The van der Waals surface area contributed by atoms with E-state index < -0.39 is 48.0 Å². The molecule has 290 valence electrons. The highest BCUT2D eigenvalue weighted by Gasteiger charge is 2.30. The van der Waals surface area contributed by atoms with Crippen molar-refractivity contribution in [1.82, 2.24) is 16.0 Å². The third kappa shape index (κ3) is 15.5. The summed E-state index contributed by atoms with van der Waals surface area (Å²) in [5.74, 6) is -2.74. The molecule has 0 unspecified atom stereocenters. The summed E-state index contributed by atoms with van der Waals surface area (Å²) < 4.78 is 22.2. The molecule has 0 aliphatic carbocycles. The monoisotopic (exact) mass is 751 g/mol. The summed E-state index contributed by atoms with van der Waals surface area (Å²) in [6.07, 6.45) is -0.719. The third-order valence-corrected chi connectivity index (χ3v) is 8.40. The smallest absolute Gasteiger partial charge is 0.408 e. The van der Waals surface area contributed by atoms with Crippen molar-refractivity contribution in [2.75, 3.05) is 6.61 Å². The first-order valence-corrected chi connectivity index (χ1v) is 18.3. The number of esters is 2. The Morgan fingerprint density at radius 1 is 0.527 bits per heavy atom. The van der Waals surface area contributed by atoms with E-state index in [1.165, 1.54) is 0 Å². The van der Waals surface area contributed by atoms with Crippen molar-refractivity contribution in [3.63, 3.8) is 0 Å². The van der Waals surface area contributed by atoms with E-state index in [1.54, 1.807) is 38.1 Å². The second-order valence-corrected chi connectivity index (χ2v) is 13.2. The average Bonchev–Trinajstić information content (AvgIpc) is 3.20. The molecule has 0 spiro atoms. The quantitative estimate of drug-likeness (QED) is 0.0709. The topological polar surface area (TPSA) is 158 Å². The highest BCUT2D eigenvalue weighted by Crippen LogP contribution is 2.11. The number of hydrogen-bond acceptors (Lipinski definition) is 9. The van der Waals surface area contributed by atoms with Crippen molar-refractivity contribution in [3.8, 4) is 0 Å². The van der Waals surface area contributed by atoms with Gasteiger partial charge < -0.3 is 34.9 Å². The van der Waals surface area contributed by atoms with E-state index in [0.717, 1.165) is 22.3 Å². The number of rotatable bonds is 21. The molecule has 0 fully saturated rings. The Balaban J connectivity index is 1.36. The van der Waals surface area contributed by atoms with Gasteiger partial charge in [-0.1, -0.05) is 135 Å². The SMILES string of the molecule is CC(C)[C@@H](NC(=O)[C@H](COCc1ccccc1)NC(=O)CCC[C@H](NC(=O)OCc1ccccc1)C(=O)OCc1ccccc1)C(=O)OCc1ccccc1. The normalized spacial score (nSPS) is 12.4. The first kappa shape index (κ1) is 41.7. The lowest BCUT2D eigenvalue weighted by Gasteiger charge is -2.25. The Labute approximate surface area is 321 Å². The van der Waals surface area contributed by atoms with Crippen LogP contribution in [0.4, 0.5) is 4.79 Å². The van der Waals surface area contributed by atoms with Gasteiger partial charge in [0, 0.05) is 6.42 Å². The van der Waals surface area contributed by atoms with Crippen LogP contribution in [0.2, 0.25) is 0 Å². The summed E-state index contributed by atoms with van der Waals surface area (Å²) in [7, 11) is 0. The molecule has 0 aliphatic rings. The molecule has 0 heterocycles. The van der Waals surface area contributed by atoms with E-state index in [1.807, 2.05) is 97.1 Å². The highest BCUT2D eigenvalue weighted by molar-refractivity contribution is 5.91. The van der Waals surface area contributed by atoms with Gasteiger partial charge in [0.15, 0.2) is 0 Å². The second kappa shape index (κ2) is 22.9. The molecule has 0 saturated carbocycles. The van der Waals surface area contributed by atoms with Crippen LogP contribution in [0.1, 0.15) is 55.4 Å². The van der Waals surface area contributed by atoms with Crippen LogP contribution < -0.4 is 16.0 Å². The zero-order valence-electron chi connectivity index (χ0n) is 31.2. The van der Waals surface area contributed by atoms with Gasteiger partial charge in [0.2, 0.25) is 11.8 Å². The number of carbonyl (C=O) groups is 5. The second-order valence-electron chi connectivity index (χ2n) is 13.2. The fourth-order valence-electron chi connectivity index (χ4n) is 5.34. The van der Waals surface area contributed by atoms with Crippen LogP contribution in [0.3, 0.4) is 0 Å². The van der Waals surface area contributed by atoms with Crippen molar-refractivity contribution in [2.45, 2.75) is 77.7 Å². The van der Waals surface area contributed by atoms with E-state index in [2.05, 4.69) is 16.0 Å². The van der Waals surface area contributed by atoms with Gasteiger partial charge >= 0.3 is 18.0 Å². The van der Waals surface area contributed by atoms with Gasteiger partial charge in [0.25, 0.3) is 0 Å². The molecule has 4 rings (SSSR count). The minimum atomic E-state index is -1.16. The van der Waals surface area contributed by atoms with Gasteiger partial charge in [0.1, 0.15) is 37.9 Å². The lowest BCUT2D eigenvalue weighted by atomic mass is 10.0. The number of carbonyl (C=O) groups excluding carboxylic acids is 5. The van der Waals surface area contributed by atoms with Crippen molar-refractivity contribution in [2.24, 2.45) is 5.92 Å². The van der Waals surface area contributed by atoms with E-state index in [0.29, 0.717) is 0 Å². The van der Waals surface area contributed by atoms with Crippen molar-refractivity contribution < 1.29 is 42.9 Å². The van der Waals surface area contributed by atoms with Gasteiger partial charge in [-0.15, -0.1) is 0 Å². The first-order chi connectivity index (χ1) is 26.7. The Morgan fingerprint density at radius 3 is 1.47 bits per heavy atom. The number of nitrogens with one attached hydrogen (secondary N) is 3. The van der Waals surface area contributed by atoms with E-state index in [-0.39, 0.29) is 58.2 Å².